The van der Waals surface area contributed by atoms with E-state index >= 15 is 0 Å². The molecule has 0 atom stereocenters. The number of benzene rings is 2. The molecule has 5 heteroatoms. The van der Waals surface area contributed by atoms with E-state index in [1.54, 1.807) is 18.2 Å². The van der Waals surface area contributed by atoms with Gasteiger partial charge in [0.25, 0.3) is 5.91 Å². The van der Waals surface area contributed by atoms with Gasteiger partial charge in [-0.05, 0) is 31.2 Å². The number of halogens is 1. The fourth-order valence-electron chi connectivity index (χ4n) is 1.80. The second-order valence-corrected chi connectivity index (χ2v) is 4.70. The number of anilines is 1. The Kier molecular flexibility index (Phi) is 4.05. The van der Waals surface area contributed by atoms with E-state index in [1.165, 1.54) is 18.2 Å². The van der Waals surface area contributed by atoms with E-state index in [0.29, 0.717) is 5.56 Å². The van der Waals surface area contributed by atoms with Crippen LogP contribution in [0.2, 0.25) is 5.02 Å². The molecule has 0 fully saturated rings. The minimum absolute atomic E-state index is 0.0431. The lowest BCUT2D eigenvalue weighted by atomic mass is 10.1. The maximum atomic E-state index is 12.1. The van der Waals surface area contributed by atoms with Crippen LogP contribution in [0.1, 0.15) is 26.3 Å². The van der Waals surface area contributed by atoms with Gasteiger partial charge in [-0.1, -0.05) is 35.4 Å². The predicted molar refractivity (Wildman–Crippen MR) is 77.5 cm³/mol. The third-order valence-corrected chi connectivity index (χ3v) is 3.08. The van der Waals surface area contributed by atoms with Crippen molar-refractivity contribution in [2.24, 2.45) is 0 Å². The largest absolute Gasteiger partial charge is 0.478 e. The van der Waals surface area contributed by atoms with Crippen molar-refractivity contribution in [2.75, 3.05) is 5.32 Å². The molecule has 0 unspecified atom stereocenters. The standard InChI is InChI=1S/C15H12ClNO3/c1-9-4-2-5-10(8-9)14(18)17-13-11(15(19)20)6-3-7-12(13)16/h2-8H,1H3,(H,17,18)(H,19,20). The number of aromatic carboxylic acids is 1. The Labute approximate surface area is 121 Å². The number of carbonyl (C=O) groups excluding carboxylic acids is 1. The highest BCUT2D eigenvalue weighted by atomic mass is 35.5. The summed E-state index contributed by atoms with van der Waals surface area (Å²) in [6.07, 6.45) is 0. The first-order valence-electron chi connectivity index (χ1n) is 5.89. The molecule has 0 saturated carbocycles. The molecule has 0 bridgehead atoms. The zero-order valence-corrected chi connectivity index (χ0v) is 11.4. The van der Waals surface area contributed by atoms with Crippen LogP contribution in [-0.4, -0.2) is 17.0 Å². The van der Waals surface area contributed by atoms with Gasteiger partial charge in [0.1, 0.15) is 0 Å². The van der Waals surface area contributed by atoms with Gasteiger partial charge < -0.3 is 10.4 Å². The van der Waals surface area contributed by atoms with Gasteiger partial charge in [-0.2, -0.15) is 0 Å². The molecular formula is C15H12ClNO3. The first-order chi connectivity index (χ1) is 9.49. The number of carboxylic acids is 1. The zero-order valence-electron chi connectivity index (χ0n) is 10.7. The molecule has 102 valence electrons. The van der Waals surface area contributed by atoms with Crippen molar-refractivity contribution in [3.05, 3.63) is 64.2 Å². The van der Waals surface area contributed by atoms with Crippen LogP contribution >= 0.6 is 11.6 Å². The van der Waals surface area contributed by atoms with Crippen LogP contribution in [0.4, 0.5) is 5.69 Å². The lowest BCUT2D eigenvalue weighted by Crippen LogP contribution is -2.15. The quantitative estimate of drug-likeness (QED) is 0.907. The second-order valence-electron chi connectivity index (χ2n) is 4.29. The monoisotopic (exact) mass is 289 g/mol. The van der Waals surface area contributed by atoms with Crippen molar-refractivity contribution in [1.82, 2.24) is 0 Å². The van der Waals surface area contributed by atoms with E-state index in [9.17, 15) is 9.59 Å². The number of aryl methyl sites for hydroxylation is 1. The second kappa shape index (κ2) is 5.75. The first kappa shape index (κ1) is 14.1. The zero-order chi connectivity index (χ0) is 14.7. The number of nitrogens with one attached hydrogen (secondary N) is 1. The van der Waals surface area contributed by atoms with Crippen molar-refractivity contribution < 1.29 is 14.7 Å². The molecule has 2 aromatic carbocycles. The lowest BCUT2D eigenvalue weighted by Gasteiger charge is -2.10. The number of carbonyl (C=O) groups is 2. The number of rotatable bonds is 3. The Hall–Kier alpha value is -2.33. The molecule has 20 heavy (non-hydrogen) atoms. The smallest absolute Gasteiger partial charge is 0.337 e. The minimum Gasteiger partial charge on any atom is -0.478 e. The summed E-state index contributed by atoms with van der Waals surface area (Å²) in [6.45, 7) is 1.87. The van der Waals surface area contributed by atoms with Gasteiger partial charge in [0.05, 0.1) is 16.3 Å². The van der Waals surface area contributed by atoms with Crippen LogP contribution in [-0.2, 0) is 0 Å². The average molecular weight is 290 g/mol. The Morgan fingerprint density at radius 2 is 1.85 bits per heavy atom. The molecule has 0 aromatic heterocycles. The fraction of sp³-hybridized carbons (Fsp3) is 0.0667. The molecule has 0 heterocycles. The normalized spacial score (nSPS) is 10.1. The van der Waals surface area contributed by atoms with Crippen LogP contribution in [0.25, 0.3) is 0 Å². The maximum absolute atomic E-state index is 12.1. The summed E-state index contributed by atoms with van der Waals surface area (Å²) in [5, 5.41) is 11.8. The minimum atomic E-state index is -1.15. The summed E-state index contributed by atoms with van der Waals surface area (Å²) in [5.41, 5.74) is 1.45. The molecular weight excluding hydrogens is 278 g/mol. The Morgan fingerprint density at radius 3 is 2.50 bits per heavy atom. The van der Waals surface area contributed by atoms with Crippen LogP contribution in [0.15, 0.2) is 42.5 Å². The van der Waals surface area contributed by atoms with Crippen LogP contribution in [0.3, 0.4) is 0 Å². The highest BCUT2D eigenvalue weighted by Crippen LogP contribution is 2.26. The third kappa shape index (κ3) is 2.97. The Balaban J connectivity index is 2.35. The first-order valence-corrected chi connectivity index (χ1v) is 6.26. The summed E-state index contributed by atoms with van der Waals surface area (Å²) in [4.78, 5) is 23.3. The number of para-hydroxylation sites is 1. The topological polar surface area (TPSA) is 66.4 Å². The molecule has 2 N–H and O–H groups in total. The van der Waals surface area contributed by atoms with E-state index in [0.717, 1.165) is 5.56 Å². The molecule has 4 nitrogen and oxygen atoms in total. The SMILES string of the molecule is Cc1cccc(C(=O)Nc2c(Cl)cccc2C(=O)O)c1. The number of hydrogen-bond donors (Lipinski definition) is 2. The third-order valence-electron chi connectivity index (χ3n) is 2.76. The Bertz CT molecular complexity index is 683. The van der Waals surface area contributed by atoms with Crippen LogP contribution in [0.5, 0.6) is 0 Å². The molecule has 0 aliphatic rings. The molecule has 0 saturated heterocycles. The molecule has 2 aromatic rings. The molecule has 0 aliphatic heterocycles. The van der Waals surface area contributed by atoms with Crippen molar-refractivity contribution in [2.45, 2.75) is 6.92 Å². The average Bonchev–Trinajstić information content (AvgIpc) is 2.40. The van der Waals surface area contributed by atoms with Crippen molar-refractivity contribution >= 4 is 29.2 Å². The molecule has 0 spiro atoms. The highest BCUT2D eigenvalue weighted by molar-refractivity contribution is 6.34. The van der Waals surface area contributed by atoms with Crippen molar-refractivity contribution in [1.29, 1.82) is 0 Å². The maximum Gasteiger partial charge on any atom is 0.337 e. The van der Waals surface area contributed by atoms with E-state index in [2.05, 4.69) is 5.32 Å². The van der Waals surface area contributed by atoms with E-state index < -0.39 is 11.9 Å². The summed E-state index contributed by atoms with van der Waals surface area (Å²) in [5.74, 6) is -1.55. The highest BCUT2D eigenvalue weighted by Gasteiger charge is 2.16. The van der Waals surface area contributed by atoms with E-state index in [1.807, 2.05) is 13.0 Å². The van der Waals surface area contributed by atoms with Crippen molar-refractivity contribution in [3.8, 4) is 0 Å². The summed E-state index contributed by atoms with van der Waals surface area (Å²) < 4.78 is 0. The molecule has 1 amide bonds. The molecule has 0 radical (unpaired) electrons. The fourth-order valence-corrected chi connectivity index (χ4v) is 2.02. The van der Waals surface area contributed by atoms with Gasteiger partial charge in [0.2, 0.25) is 0 Å². The van der Waals surface area contributed by atoms with Gasteiger partial charge in [0.15, 0.2) is 0 Å². The van der Waals surface area contributed by atoms with E-state index in [-0.39, 0.29) is 16.3 Å². The van der Waals surface area contributed by atoms with Gasteiger partial charge in [-0.25, -0.2) is 4.79 Å². The number of amides is 1. The summed E-state index contributed by atoms with van der Waals surface area (Å²) in [7, 11) is 0. The lowest BCUT2D eigenvalue weighted by molar-refractivity contribution is 0.0698. The number of hydrogen-bond acceptors (Lipinski definition) is 2. The van der Waals surface area contributed by atoms with E-state index in [4.69, 9.17) is 16.7 Å². The van der Waals surface area contributed by atoms with Gasteiger partial charge >= 0.3 is 5.97 Å². The summed E-state index contributed by atoms with van der Waals surface area (Å²) in [6, 6.07) is 11.4. The van der Waals surface area contributed by atoms with Crippen LogP contribution < -0.4 is 5.32 Å². The van der Waals surface area contributed by atoms with Crippen LogP contribution in [0, 0.1) is 6.92 Å². The van der Waals surface area contributed by atoms with Gasteiger partial charge in [0, 0.05) is 5.56 Å². The molecule has 0 aliphatic carbocycles. The van der Waals surface area contributed by atoms with Crippen molar-refractivity contribution in [3.63, 3.8) is 0 Å². The molecule has 2 rings (SSSR count). The predicted octanol–water partition coefficient (Wildman–Crippen LogP) is 3.60. The van der Waals surface area contributed by atoms with Gasteiger partial charge in [-0.3, -0.25) is 4.79 Å². The van der Waals surface area contributed by atoms with Gasteiger partial charge in [-0.15, -0.1) is 0 Å². The number of carboxylic acid groups (broad SMARTS) is 1. The summed E-state index contributed by atoms with van der Waals surface area (Å²) >= 11 is 5.96. The Morgan fingerprint density at radius 1 is 1.15 bits per heavy atom.